The lowest BCUT2D eigenvalue weighted by Gasteiger charge is -2.15. The molecule has 0 saturated heterocycles. The molecule has 0 saturated carbocycles. The second kappa shape index (κ2) is 12.6. The van der Waals surface area contributed by atoms with Crippen LogP contribution in [-0.2, 0) is 0 Å². The van der Waals surface area contributed by atoms with E-state index in [9.17, 15) is 0 Å². The van der Waals surface area contributed by atoms with Crippen molar-refractivity contribution >= 4 is 76.2 Å². The number of para-hydroxylation sites is 2. The highest BCUT2D eigenvalue weighted by Crippen LogP contribution is 2.53. The smallest absolute Gasteiger partial charge is 0.136 e. The Morgan fingerprint density at radius 2 is 0.823 bits per heavy atom. The van der Waals surface area contributed by atoms with Crippen LogP contribution < -0.4 is 0 Å². The third kappa shape index (κ3) is 4.73. The summed E-state index contributed by atoms with van der Waals surface area (Å²) < 4.78 is 12.9. The van der Waals surface area contributed by atoms with Crippen molar-refractivity contribution in [2.75, 3.05) is 0 Å². The van der Waals surface area contributed by atoms with Gasteiger partial charge >= 0.3 is 0 Å². The molecule has 0 N–H and O–H groups in total. The van der Waals surface area contributed by atoms with E-state index in [2.05, 4.69) is 182 Å². The topological polar surface area (TPSA) is 39.2 Å². The van der Waals surface area contributed by atoms with Crippen molar-refractivity contribution in [3.63, 3.8) is 0 Å². The molecular weight excluding hydrogens is 755 g/mol. The molecule has 286 valence electrons. The molecular formula is C59H33NO2. The van der Waals surface area contributed by atoms with E-state index in [1.165, 1.54) is 65.7 Å². The highest BCUT2D eigenvalue weighted by atomic mass is 16.3. The van der Waals surface area contributed by atoms with E-state index >= 15 is 0 Å². The Kier molecular flexibility index (Phi) is 6.83. The monoisotopic (exact) mass is 787 g/mol. The van der Waals surface area contributed by atoms with Gasteiger partial charge in [-0.15, -0.1) is 0 Å². The Labute approximate surface area is 355 Å². The first kappa shape index (κ1) is 33.5. The van der Waals surface area contributed by atoms with Crippen LogP contribution in [-0.4, -0.2) is 4.98 Å². The van der Waals surface area contributed by atoms with E-state index in [0.29, 0.717) is 0 Å². The maximum absolute atomic E-state index is 6.49. The number of hydrogen-bond donors (Lipinski definition) is 0. The Morgan fingerprint density at radius 1 is 0.274 bits per heavy atom. The molecule has 3 aromatic heterocycles. The summed E-state index contributed by atoms with van der Waals surface area (Å²) in [7, 11) is 0. The lowest BCUT2D eigenvalue weighted by Crippen LogP contribution is -1.94. The van der Waals surface area contributed by atoms with E-state index in [4.69, 9.17) is 13.8 Å². The number of pyridine rings is 1. The Morgan fingerprint density at radius 3 is 1.63 bits per heavy atom. The van der Waals surface area contributed by atoms with Crippen LogP contribution in [0.4, 0.5) is 0 Å². The molecule has 3 heteroatoms. The number of furan rings is 2. The quantitative estimate of drug-likeness (QED) is 0.178. The molecule has 3 nitrogen and oxygen atoms in total. The largest absolute Gasteiger partial charge is 0.456 e. The predicted molar refractivity (Wildman–Crippen MR) is 257 cm³/mol. The van der Waals surface area contributed by atoms with Crippen LogP contribution in [0.1, 0.15) is 0 Å². The first-order valence-corrected chi connectivity index (χ1v) is 21.2. The molecule has 0 fully saturated rings. The molecule has 1 aliphatic carbocycles. The van der Waals surface area contributed by atoms with E-state index in [1.807, 2.05) is 18.2 Å². The van der Waals surface area contributed by atoms with Gasteiger partial charge < -0.3 is 8.83 Å². The molecule has 0 unspecified atom stereocenters. The Balaban J connectivity index is 0.989. The minimum atomic E-state index is 0.874. The van der Waals surface area contributed by atoms with Crippen molar-refractivity contribution in [1.29, 1.82) is 0 Å². The average molecular weight is 788 g/mol. The van der Waals surface area contributed by atoms with Gasteiger partial charge in [-0.1, -0.05) is 158 Å². The van der Waals surface area contributed by atoms with Gasteiger partial charge in [0.15, 0.2) is 0 Å². The lowest BCUT2D eigenvalue weighted by atomic mass is 9.90. The molecule has 0 spiro atoms. The van der Waals surface area contributed by atoms with Gasteiger partial charge in [0.05, 0.1) is 11.4 Å². The lowest BCUT2D eigenvalue weighted by molar-refractivity contribution is 0.669. The molecule has 1 aliphatic rings. The zero-order valence-electron chi connectivity index (χ0n) is 33.3. The van der Waals surface area contributed by atoms with E-state index in [0.717, 1.165) is 77.5 Å². The summed E-state index contributed by atoms with van der Waals surface area (Å²) in [5, 5.41) is 11.7. The Bertz CT molecular complexity index is 4050. The fourth-order valence-electron chi connectivity index (χ4n) is 10.5. The highest BCUT2D eigenvalue weighted by Gasteiger charge is 2.27. The van der Waals surface area contributed by atoms with Crippen LogP contribution in [0.2, 0.25) is 0 Å². The molecule has 0 radical (unpaired) electrons. The maximum atomic E-state index is 6.49. The zero-order valence-corrected chi connectivity index (χ0v) is 33.3. The van der Waals surface area contributed by atoms with Gasteiger partial charge in [-0.3, -0.25) is 0 Å². The highest BCUT2D eigenvalue weighted by molar-refractivity contribution is 6.28. The van der Waals surface area contributed by atoms with Crippen LogP contribution in [0, 0.1) is 0 Å². The summed E-state index contributed by atoms with van der Waals surface area (Å²) in [6, 6.07) is 71.9. The molecule has 0 bridgehead atoms. The van der Waals surface area contributed by atoms with Crippen molar-refractivity contribution in [2.45, 2.75) is 0 Å². The van der Waals surface area contributed by atoms with Crippen LogP contribution in [0.3, 0.4) is 0 Å². The van der Waals surface area contributed by atoms with Crippen LogP contribution in [0.15, 0.2) is 209 Å². The number of benzene rings is 10. The fraction of sp³-hybridized carbons (Fsp3) is 0. The zero-order chi connectivity index (χ0) is 40.5. The summed E-state index contributed by atoms with van der Waals surface area (Å²) >= 11 is 0. The molecule has 3 heterocycles. The number of fused-ring (bicyclic) bond motifs is 12. The van der Waals surface area contributed by atoms with E-state index in [-0.39, 0.29) is 0 Å². The summed E-state index contributed by atoms with van der Waals surface area (Å²) in [5.74, 6) is 0. The maximum Gasteiger partial charge on any atom is 0.136 e. The number of nitrogens with zero attached hydrogens (tertiary/aromatic N) is 1. The number of rotatable bonds is 4. The third-order valence-electron chi connectivity index (χ3n) is 13.2. The fourth-order valence-corrected chi connectivity index (χ4v) is 10.5. The summed E-state index contributed by atoms with van der Waals surface area (Å²) in [6.07, 6.45) is 0. The summed E-state index contributed by atoms with van der Waals surface area (Å²) in [4.78, 5) is 5.54. The molecule has 13 aromatic rings. The van der Waals surface area contributed by atoms with Crippen LogP contribution >= 0.6 is 0 Å². The normalized spacial score (nSPS) is 12.2. The van der Waals surface area contributed by atoms with Crippen molar-refractivity contribution in [2.24, 2.45) is 0 Å². The standard InChI is InChI=1S/C59H33NO2/c1-2-15-38-34(12-1)13-7-22-44(38)50-31-37(40-19-11-27-54-57(40)47-16-3-5-25-52(47)61-54)32-51(60-50)45-23-10-20-41-39(18-9-21-42(41)45)35-28-29-43-46-24-8-14-36-33-55-58(59(56(36)46)49(43)30-35)48-17-4-6-26-53(48)62-55/h1-33H. The van der Waals surface area contributed by atoms with Gasteiger partial charge in [-0.2, -0.15) is 0 Å². The van der Waals surface area contributed by atoms with Crippen molar-refractivity contribution in [1.82, 2.24) is 4.98 Å². The van der Waals surface area contributed by atoms with Gasteiger partial charge in [-0.05, 0) is 114 Å². The average Bonchev–Trinajstić information content (AvgIpc) is 4.01. The van der Waals surface area contributed by atoms with Crippen LogP contribution in [0.5, 0.6) is 0 Å². The van der Waals surface area contributed by atoms with Crippen molar-refractivity contribution in [3.8, 4) is 67.0 Å². The first-order valence-electron chi connectivity index (χ1n) is 21.2. The van der Waals surface area contributed by atoms with E-state index in [1.54, 1.807) is 0 Å². The molecule has 62 heavy (non-hydrogen) atoms. The number of hydrogen-bond acceptors (Lipinski definition) is 3. The minimum Gasteiger partial charge on any atom is -0.456 e. The third-order valence-corrected chi connectivity index (χ3v) is 13.2. The van der Waals surface area contributed by atoms with Crippen LogP contribution in [0.25, 0.3) is 143 Å². The second-order valence-electron chi connectivity index (χ2n) is 16.5. The van der Waals surface area contributed by atoms with Crippen molar-refractivity contribution < 1.29 is 8.83 Å². The van der Waals surface area contributed by atoms with Crippen molar-refractivity contribution in [3.05, 3.63) is 200 Å². The Hall–Kier alpha value is -8.27. The first-order chi connectivity index (χ1) is 30.7. The van der Waals surface area contributed by atoms with Gasteiger partial charge in [0, 0.05) is 38.2 Å². The molecule has 10 aromatic carbocycles. The van der Waals surface area contributed by atoms with Gasteiger partial charge in [-0.25, -0.2) is 4.98 Å². The van der Waals surface area contributed by atoms with Gasteiger partial charge in [0.2, 0.25) is 0 Å². The molecule has 0 aliphatic heterocycles. The number of aromatic nitrogens is 1. The van der Waals surface area contributed by atoms with Gasteiger partial charge in [0.1, 0.15) is 22.3 Å². The minimum absolute atomic E-state index is 0.874. The van der Waals surface area contributed by atoms with Gasteiger partial charge in [0.25, 0.3) is 0 Å². The summed E-state index contributed by atoms with van der Waals surface area (Å²) in [6.45, 7) is 0. The molecule has 0 amide bonds. The predicted octanol–water partition coefficient (Wildman–Crippen LogP) is 16.7. The second-order valence-corrected chi connectivity index (χ2v) is 16.5. The van der Waals surface area contributed by atoms with E-state index < -0.39 is 0 Å². The molecule has 14 rings (SSSR count). The SMILES string of the molecule is c1ccc2c(-c3cc(-c4cccc5oc6ccccc6c45)cc(-c4cccc5c(-c6ccc7c(c6)-c6c8c-7cccc8cc7oc8ccccc8c67)cccc45)n3)cccc2c1. The summed E-state index contributed by atoms with van der Waals surface area (Å²) in [5.41, 5.74) is 17.2. The molecule has 0 atom stereocenters.